The van der Waals surface area contributed by atoms with Gasteiger partial charge >= 0.3 is 6.18 Å². The number of nitrogens with two attached hydrogens (primary N) is 1. The molecule has 100 valence electrons. The summed E-state index contributed by atoms with van der Waals surface area (Å²) in [5, 5.41) is 0. The zero-order chi connectivity index (χ0) is 13.2. The van der Waals surface area contributed by atoms with E-state index in [9.17, 15) is 13.2 Å². The van der Waals surface area contributed by atoms with Crippen LogP contribution in [-0.4, -0.2) is 18.8 Å². The van der Waals surface area contributed by atoms with Gasteiger partial charge in [-0.1, -0.05) is 12.1 Å². The summed E-state index contributed by atoms with van der Waals surface area (Å²) in [5.41, 5.74) is 6.08. The molecule has 0 atom stereocenters. The van der Waals surface area contributed by atoms with Gasteiger partial charge in [0.1, 0.15) is 0 Å². The maximum Gasteiger partial charge on any atom is 0.416 e. The number of ether oxygens (including phenoxy) is 1. The van der Waals surface area contributed by atoms with Crippen LogP contribution in [0.2, 0.25) is 0 Å². The fourth-order valence-corrected chi connectivity index (χ4v) is 2.17. The van der Waals surface area contributed by atoms with E-state index in [-0.39, 0.29) is 5.54 Å². The second-order valence-corrected chi connectivity index (χ2v) is 4.85. The first-order valence-electron chi connectivity index (χ1n) is 5.92. The van der Waals surface area contributed by atoms with Crippen LogP contribution >= 0.6 is 0 Å². The van der Waals surface area contributed by atoms with Crippen molar-refractivity contribution in [3.8, 4) is 0 Å². The molecule has 1 saturated heterocycles. The molecular weight excluding hydrogens is 243 g/mol. The number of benzene rings is 1. The summed E-state index contributed by atoms with van der Waals surface area (Å²) in [7, 11) is 0. The third kappa shape index (κ3) is 3.23. The van der Waals surface area contributed by atoms with Gasteiger partial charge in [-0.3, -0.25) is 0 Å². The summed E-state index contributed by atoms with van der Waals surface area (Å²) >= 11 is 0. The highest BCUT2D eigenvalue weighted by Crippen LogP contribution is 2.30. The molecule has 18 heavy (non-hydrogen) atoms. The van der Waals surface area contributed by atoms with E-state index >= 15 is 0 Å². The van der Waals surface area contributed by atoms with E-state index < -0.39 is 11.7 Å². The van der Waals surface area contributed by atoms with Crippen molar-refractivity contribution in [3.05, 3.63) is 35.4 Å². The van der Waals surface area contributed by atoms with Crippen LogP contribution in [0.3, 0.4) is 0 Å². The van der Waals surface area contributed by atoms with Crippen LogP contribution in [0.25, 0.3) is 0 Å². The Morgan fingerprint density at radius 3 is 2.17 bits per heavy atom. The molecule has 2 nitrogen and oxygen atoms in total. The standard InChI is InChI=1S/C13H16F3NO/c14-13(15,16)11-3-1-10(2-4-11)9-12(17)5-7-18-8-6-12/h1-4H,5-9,17H2. The third-order valence-corrected chi connectivity index (χ3v) is 3.33. The first kappa shape index (κ1) is 13.4. The third-order valence-electron chi connectivity index (χ3n) is 3.33. The fraction of sp³-hybridized carbons (Fsp3) is 0.538. The van der Waals surface area contributed by atoms with Crippen molar-refractivity contribution >= 4 is 0 Å². The number of halogens is 3. The molecule has 0 unspecified atom stereocenters. The molecule has 1 aliphatic heterocycles. The summed E-state index contributed by atoms with van der Waals surface area (Å²) in [4.78, 5) is 0. The topological polar surface area (TPSA) is 35.2 Å². The average molecular weight is 259 g/mol. The monoisotopic (exact) mass is 259 g/mol. The molecule has 2 N–H and O–H groups in total. The van der Waals surface area contributed by atoms with E-state index in [0.29, 0.717) is 19.6 Å². The molecule has 1 heterocycles. The molecule has 0 radical (unpaired) electrons. The summed E-state index contributed by atoms with van der Waals surface area (Å²) < 4.78 is 42.5. The van der Waals surface area contributed by atoms with E-state index in [0.717, 1.165) is 30.5 Å². The predicted octanol–water partition coefficient (Wildman–Crippen LogP) is 2.76. The summed E-state index contributed by atoms with van der Waals surface area (Å²) in [6.07, 6.45) is -2.20. The molecule has 0 aliphatic carbocycles. The van der Waals surface area contributed by atoms with Crippen molar-refractivity contribution in [2.45, 2.75) is 31.0 Å². The van der Waals surface area contributed by atoms with Crippen LogP contribution in [-0.2, 0) is 17.3 Å². The van der Waals surface area contributed by atoms with Gasteiger partial charge in [0.25, 0.3) is 0 Å². The average Bonchev–Trinajstić information content (AvgIpc) is 2.29. The lowest BCUT2D eigenvalue weighted by Gasteiger charge is -2.33. The zero-order valence-electron chi connectivity index (χ0n) is 9.96. The highest BCUT2D eigenvalue weighted by Gasteiger charge is 2.31. The second kappa shape index (κ2) is 4.90. The van der Waals surface area contributed by atoms with Crippen LogP contribution < -0.4 is 5.73 Å². The number of rotatable bonds is 2. The quantitative estimate of drug-likeness (QED) is 0.886. The van der Waals surface area contributed by atoms with Crippen LogP contribution in [0.4, 0.5) is 13.2 Å². The first-order chi connectivity index (χ1) is 8.39. The zero-order valence-corrected chi connectivity index (χ0v) is 9.96. The van der Waals surface area contributed by atoms with E-state index in [2.05, 4.69) is 0 Å². The Bertz CT molecular complexity index is 394. The van der Waals surface area contributed by atoms with Gasteiger partial charge in [0, 0.05) is 18.8 Å². The van der Waals surface area contributed by atoms with Crippen LogP contribution in [0, 0.1) is 0 Å². The molecule has 2 rings (SSSR count). The highest BCUT2D eigenvalue weighted by atomic mass is 19.4. The van der Waals surface area contributed by atoms with Gasteiger partial charge in [0.15, 0.2) is 0 Å². The Balaban J connectivity index is 2.06. The van der Waals surface area contributed by atoms with E-state index in [1.807, 2.05) is 0 Å². The molecule has 1 aromatic rings. The molecule has 0 amide bonds. The molecule has 1 aliphatic rings. The summed E-state index contributed by atoms with van der Waals surface area (Å²) in [6.45, 7) is 1.24. The van der Waals surface area contributed by atoms with Crippen molar-refractivity contribution in [1.29, 1.82) is 0 Å². The van der Waals surface area contributed by atoms with Crippen molar-refractivity contribution in [3.63, 3.8) is 0 Å². The minimum Gasteiger partial charge on any atom is -0.381 e. The Labute approximate surface area is 104 Å². The van der Waals surface area contributed by atoms with Gasteiger partial charge in [0.05, 0.1) is 5.56 Å². The Morgan fingerprint density at radius 2 is 1.67 bits per heavy atom. The van der Waals surface area contributed by atoms with Crippen LogP contribution in [0.15, 0.2) is 24.3 Å². The molecule has 5 heteroatoms. The Kier molecular flexibility index (Phi) is 3.64. The molecular formula is C13H16F3NO. The first-order valence-corrected chi connectivity index (χ1v) is 5.92. The van der Waals surface area contributed by atoms with Gasteiger partial charge in [-0.25, -0.2) is 0 Å². The van der Waals surface area contributed by atoms with E-state index in [1.54, 1.807) is 0 Å². The van der Waals surface area contributed by atoms with Crippen molar-refractivity contribution in [2.24, 2.45) is 5.73 Å². The largest absolute Gasteiger partial charge is 0.416 e. The number of alkyl halides is 3. The van der Waals surface area contributed by atoms with Crippen molar-refractivity contribution in [2.75, 3.05) is 13.2 Å². The molecule has 1 fully saturated rings. The minimum atomic E-state index is -4.28. The molecule has 0 saturated carbocycles. The van der Waals surface area contributed by atoms with Crippen LogP contribution in [0.5, 0.6) is 0 Å². The minimum absolute atomic E-state index is 0.349. The van der Waals surface area contributed by atoms with E-state index in [1.165, 1.54) is 12.1 Å². The van der Waals surface area contributed by atoms with Gasteiger partial charge in [-0.05, 0) is 37.0 Å². The van der Waals surface area contributed by atoms with Gasteiger partial charge in [-0.15, -0.1) is 0 Å². The fourth-order valence-electron chi connectivity index (χ4n) is 2.17. The maximum absolute atomic E-state index is 12.4. The highest BCUT2D eigenvalue weighted by molar-refractivity contribution is 5.26. The van der Waals surface area contributed by atoms with Gasteiger partial charge in [-0.2, -0.15) is 13.2 Å². The lowest BCUT2D eigenvalue weighted by Crippen LogP contribution is -2.46. The molecule has 0 spiro atoms. The number of hydrogen-bond acceptors (Lipinski definition) is 2. The smallest absolute Gasteiger partial charge is 0.381 e. The lowest BCUT2D eigenvalue weighted by molar-refractivity contribution is -0.137. The second-order valence-electron chi connectivity index (χ2n) is 4.85. The Morgan fingerprint density at radius 1 is 1.11 bits per heavy atom. The maximum atomic E-state index is 12.4. The van der Waals surface area contributed by atoms with Crippen molar-refractivity contribution < 1.29 is 17.9 Å². The molecule has 0 aromatic heterocycles. The molecule has 1 aromatic carbocycles. The summed E-state index contributed by atoms with van der Waals surface area (Å²) in [5.74, 6) is 0. The van der Waals surface area contributed by atoms with Crippen LogP contribution in [0.1, 0.15) is 24.0 Å². The lowest BCUT2D eigenvalue weighted by atomic mass is 9.85. The number of hydrogen-bond donors (Lipinski definition) is 1. The normalized spacial score (nSPS) is 19.8. The van der Waals surface area contributed by atoms with E-state index in [4.69, 9.17) is 10.5 Å². The molecule has 0 bridgehead atoms. The summed E-state index contributed by atoms with van der Waals surface area (Å²) in [6, 6.07) is 5.23. The Hall–Kier alpha value is -1.07. The van der Waals surface area contributed by atoms with Gasteiger partial charge in [0.2, 0.25) is 0 Å². The van der Waals surface area contributed by atoms with Crippen molar-refractivity contribution in [1.82, 2.24) is 0 Å². The van der Waals surface area contributed by atoms with Gasteiger partial charge < -0.3 is 10.5 Å². The SMILES string of the molecule is NC1(Cc2ccc(C(F)(F)F)cc2)CCOCC1. The predicted molar refractivity (Wildman–Crippen MR) is 62.1 cm³/mol.